The lowest BCUT2D eigenvalue weighted by molar-refractivity contribution is -0.123. The zero-order valence-electron chi connectivity index (χ0n) is 51.7. The van der Waals surface area contributed by atoms with E-state index in [1.807, 2.05) is 151 Å². The average molecular weight is 1260 g/mol. The Labute approximate surface area is 539 Å². The van der Waals surface area contributed by atoms with Gasteiger partial charge in [0.25, 0.3) is 0 Å². The second-order valence-electron chi connectivity index (χ2n) is 25.1. The summed E-state index contributed by atoms with van der Waals surface area (Å²) >= 11 is 0. The minimum Gasteiger partial charge on any atom is -0.444 e. The lowest BCUT2D eigenvalue weighted by Crippen LogP contribution is -2.52. The number of hydrogen-bond acceptors (Lipinski definition) is 15. The van der Waals surface area contributed by atoms with Gasteiger partial charge in [0.15, 0.2) is 22.9 Å². The monoisotopic (exact) mass is 1250 g/mol. The first-order valence-electron chi connectivity index (χ1n) is 31.3. The lowest BCUT2D eigenvalue weighted by Gasteiger charge is -2.43. The molecule has 21 heteroatoms. The highest BCUT2D eigenvalue weighted by Gasteiger charge is 2.41. The molecular weight excluding hydrogens is 1180 g/mol. The number of carbonyl (C=O) groups excluding carboxylic acids is 3. The summed E-state index contributed by atoms with van der Waals surface area (Å²) in [5, 5.41) is 9.31. The fraction of sp³-hybridized carbons (Fsp3) is 0.310. The molecule has 10 aromatic rings. The number of nitrogens with two attached hydrogens (primary N) is 3. The summed E-state index contributed by atoms with van der Waals surface area (Å²) in [6, 6.07) is 47.3. The second kappa shape index (κ2) is 26.3. The van der Waals surface area contributed by atoms with Crippen LogP contribution >= 0.6 is 12.4 Å². The fourth-order valence-corrected chi connectivity index (χ4v) is 12.5. The van der Waals surface area contributed by atoms with Crippen LogP contribution in [0.3, 0.4) is 0 Å². The number of amides is 3. The van der Waals surface area contributed by atoms with E-state index in [4.69, 9.17) is 51.3 Å². The number of benzene rings is 4. The minimum atomic E-state index is -0.586. The molecule has 4 fully saturated rings. The van der Waals surface area contributed by atoms with Crippen LogP contribution < -0.4 is 33.2 Å². The van der Waals surface area contributed by atoms with Crippen molar-refractivity contribution in [1.29, 1.82) is 0 Å². The van der Waals surface area contributed by atoms with Crippen LogP contribution in [-0.2, 0) is 34.9 Å². The number of anilines is 4. The number of nitrogens with zero attached hydrogens (tertiary/aromatic N) is 8. The smallest absolute Gasteiger partial charge is 0.408 e. The number of alkyl carbamates (subject to hydrolysis) is 1. The molecule has 0 radical (unpaired) electrons. The third-order valence-electron chi connectivity index (χ3n) is 17.8. The second-order valence-corrected chi connectivity index (χ2v) is 25.1. The van der Waals surface area contributed by atoms with Crippen molar-refractivity contribution in [2.75, 3.05) is 48.5 Å². The molecule has 2 saturated carbocycles. The van der Waals surface area contributed by atoms with Gasteiger partial charge in [0, 0.05) is 90.1 Å². The molecule has 2 saturated heterocycles. The Bertz CT molecular complexity index is 4340. The van der Waals surface area contributed by atoms with Gasteiger partial charge in [-0.05, 0) is 193 Å². The molecule has 3 amide bonds. The Morgan fingerprint density at radius 1 is 0.554 bits per heavy atom. The SMILES string of the molecule is CC(C)(C)OC(=O)NC1(c2ccc(-n3c(-c4cccnc4N)nc4ccc(-c5cccc(NC(=O)C6CCOCC6)c5)nc43)cc2)CCC1.Cl.Nc1ncccc1-c1nc2ccc(-c3cccc(NC(=O)C4CCOCC4)c3)nc2n1-c1ccc(C2(N)CCC2)cc1. The van der Waals surface area contributed by atoms with Crippen LogP contribution in [0.5, 0.6) is 0 Å². The van der Waals surface area contributed by atoms with Gasteiger partial charge in [-0.1, -0.05) is 48.5 Å². The topological polar surface area (TPSA) is 280 Å². The molecule has 2 aliphatic heterocycles. The van der Waals surface area contributed by atoms with Crippen LogP contribution in [0.2, 0.25) is 0 Å². The van der Waals surface area contributed by atoms with Crippen molar-refractivity contribution in [2.45, 2.75) is 102 Å². The number of rotatable bonds is 13. The summed E-state index contributed by atoms with van der Waals surface area (Å²) in [6.45, 7) is 8.04. The van der Waals surface area contributed by atoms with Gasteiger partial charge in [0.05, 0.1) is 28.1 Å². The number of nitrogens with one attached hydrogen (secondary N) is 3. The number of nitrogen functional groups attached to an aromatic ring is 2. The maximum atomic E-state index is 12.9. The van der Waals surface area contributed by atoms with Gasteiger partial charge in [-0.3, -0.25) is 18.7 Å². The fourth-order valence-electron chi connectivity index (χ4n) is 12.5. The molecule has 0 atom stereocenters. The summed E-state index contributed by atoms with van der Waals surface area (Å²) in [5.41, 5.74) is 30.7. The van der Waals surface area contributed by atoms with E-state index >= 15 is 0 Å². The predicted octanol–water partition coefficient (Wildman–Crippen LogP) is 12.9. The highest BCUT2D eigenvalue weighted by molar-refractivity contribution is 5.95. The molecule has 92 heavy (non-hydrogen) atoms. The molecule has 14 rings (SSSR count). The quantitative estimate of drug-likeness (QED) is 0.0626. The van der Waals surface area contributed by atoms with E-state index in [0.717, 1.165) is 126 Å². The van der Waals surface area contributed by atoms with E-state index in [9.17, 15) is 14.4 Å². The van der Waals surface area contributed by atoms with E-state index in [2.05, 4.69) is 50.2 Å². The van der Waals surface area contributed by atoms with Crippen LogP contribution in [0.15, 0.2) is 158 Å². The molecule has 6 aromatic heterocycles. The first-order chi connectivity index (χ1) is 44.1. The van der Waals surface area contributed by atoms with Crippen LogP contribution in [0.25, 0.3) is 79.0 Å². The predicted molar refractivity (Wildman–Crippen MR) is 360 cm³/mol. The van der Waals surface area contributed by atoms with Crippen molar-refractivity contribution in [3.05, 3.63) is 169 Å². The number of carbonyl (C=O) groups is 3. The molecule has 4 aromatic carbocycles. The zero-order valence-corrected chi connectivity index (χ0v) is 52.5. The maximum absolute atomic E-state index is 12.9. The van der Waals surface area contributed by atoms with Crippen molar-refractivity contribution < 1.29 is 28.6 Å². The van der Waals surface area contributed by atoms with Crippen molar-refractivity contribution in [3.8, 4) is 56.7 Å². The zero-order chi connectivity index (χ0) is 62.9. The number of halogens is 1. The van der Waals surface area contributed by atoms with Crippen LogP contribution in [0.4, 0.5) is 27.8 Å². The molecule has 0 unspecified atom stereocenters. The molecule has 0 bridgehead atoms. The number of aromatic nitrogens is 8. The van der Waals surface area contributed by atoms with Gasteiger partial charge in [-0.2, -0.15) is 0 Å². The van der Waals surface area contributed by atoms with Crippen LogP contribution in [0.1, 0.15) is 96.1 Å². The minimum absolute atomic E-state index is 0. The Hall–Kier alpha value is -9.60. The largest absolute Gasteiger partial charge is 0.444 e. The Kier molecular flexibility index (Phi) is 17.9. The summed E-state index contributed by atoms with van der Waals surface area (Å²) < 4.78 is 20.4. The summed E-state index contributed by atoms with van der Waals surface area (Å²) in [7, 11) is 0. The standard InChI is InChI=1S/C38H41N7O4.C33H33N7O2.ClH/c1-37(2,3)49-36(47)44-38(18-6-19-38)26-10-12-28(13-11-26)45-33(29-9-5-20-40-32(29)39)43-31-15-14-30(42-34(31)45)25-7-4-8-27(23-25)41-35(46)24-16-21-48-22-17-24;34-29-26(6-2-17-36-29)30-39-28-12-11-27(22-4-1-5-24(20-22)37-32(41)21-13-18-42-19-14-21)38-31(28)40(30)25-9-7-23(8-10-25)33(35)15-3-16-33;/h4-5,7-15,20,23-24H,6,16-19,21-22H2,1-3H3,(H2,39,40)(H,41,46)(H,44,47);1-2,4-12,17,20-21H,3,13-16,18-19,35H2,(H2,34,36)(H,37,41);1H. The summed E-state index contributed by atoms with van der Waals surface area (Å²) in [5.74, 6) is 1.98. The van der Waals surface area contributed by atoms with E-state index < -0.39 is 17.2 Å². The molecule has 2 aliphatic carbocycles. The van der Waals surface area contributed by atoms with Gasteiger partial charge < -0.3 is 47.4 Å². The maximum Gasteiger partial charge on any atom is 0.408 e. The first-order valence-corrected chi connectivity index (χ1v) is 31.3. The van der Waals surface area contributed by atoms with Crippen LogP contribution in [0, 0.1) is 11.8 Å². The Morgan fingerprint density at radius 3 is 1.40 bits per heavy atom. The van der Waals surface area contributed by atoms with Gasteiger partial charge >= 0.3 is 6.09 Å². The van der Waals surface area contributed by atoms with Crippen molar-refractivity contribution in [1.82, 2.24) is 44.4 Å². The van der Waals surface area contributed by atoms with Crippen molar-refractivity contribution in [3.63, 3.8) is 0 Å². The molecular formula is C71H75ClN14O6. The first kappa shape index (κ1) is 62.6. The molecule has 20 nitrogen and oxygen atoms in total. The number of pyridine rings is 4. The molecule has 472 valence electrons. The van der Waals surface area contributed by atoms with Crippen molar-refractivity contribution >= 4 is 75.7 Å². The Balaban J connectivity index is 0.000000177. The molecule has 4 aliphatic rings. The highest BCUT2D eigenvalue weighted by atomic mass is 35.5. The van der Waals surface area contributed by atoms with E-state index in [-0.39, 0.29) is 41.6 Å². The average Bonchev–Trinajstić information content (AvgIpc) is 1.47. The highest BCUT2D eigenvalue weighted by Crippen LogP contribution is 2.43. The number of hydrogen-bond donors (Lipinski definition) is 6. The lowest BCUT2D eigenvalue weighted by atomic mass is 9.72. The van der Waals surface area contributed by atoms with Gasteiger partial charge in [-0.15, -0.1) is 12.4 Å². The molecule has 8 heterocycles. The van der Waals surface area contributed by atoms with E-state index in [1.54, 1.807) is 12.4 Å². The number of ether oxygens (including phenoxy) is 3. The normalized spacial score (nSPS) is 16.2. The van der Waals surface area contributed by atoms with Crippen LogP contribution in [-0.4, -0.2) is 89.0 Å². The van der Waals surface area contributed by atoms with E-state index in [1.165, 1.54) is 0 Å². The summed E-state index contributed by atoms with van der Waals surface area (Å²) in [4.78, 5) is 67.3. The van der Waals surface area contributed by atoms with Gasteiger partial charge in [-0.25, -0.2) is 34.7 Å². The van der Waals surface area contributed by atoms with E-state index in [0.29, 0.717) is 77.8 Å². The summed E-state index contributed by atoms with van der Waals surface area (Å²) in [6.07, 6.45) is 11.7. The van der Waals surface area contributed by atoms with Crippen molar-refractivity contribution in [2.24, 2.45) is 17.6 Å². The molecule has 0 spiro atoms. The third kappa shape index (κ3) is 13.1. The molecule has 9 N–H and O–H groups in total. The van der Waals surface area contributed by atoms with Gasteiger partial charge in [0.1, 0.15) is 28.3 Å². The Morgan fingerprint density at radius 2 is 1.00 bits per heavy atom. The van der Waals surface area contributed by atoms with Gasteiger partial charge in [0.2, 0.25) is 11.8 Å². The number of imidazole rings is 2. The number of fused-ring (bicyclic) bond motifs is 2. The third-order valence-corrected chi connectivity index (χ3v) is 17.8.